The molecule has 7 heteroatoms. The van der Waals surface area contributed by atoms with Crippen LogP contribution in [-0.4, -0.2) is 32.7 Å². The van der Waals surface area contributed by atoms with Gasteiger partial charge in [-0.05, 0) is 20.8 Å². The van der Waals surface area contributed by atoms with E-state index >= 15 is 0 Å². The molecule has 3 rings (SSSR count). The van der Waals surface area contributed by atoms with E-state index in [0.29, 0.717) is 16.7 Å². The van der Waals surface area contributed by atoms with Crippen LogP contribution in [0.1, 0.15) is 37.5 Å². The van der Waals surface area contributed by atoms with Crippen LogP contribution in [0.25, 0.3) is 17.3 Å². The largest absolute Gasteiger partial charge is 0.507 e. The summed E-state index contributed by atoms with van der Waals surface area (Å²) < 4.78 is 0. The summed E-state index contributed by atoms with van der Waals surface area (Å²) in [5, 5.41) is 28.0. The van der Waals surface area contributed by atoms with Crippen molar-refractivity contribution in [1.29, 1.82) is 0 Å². The van der Waals surface area contributed by atoms with Crippen LogP contribution in [0.2, 0.25) is 0 Å². The molecule has 0 aliphatic rings. The second-order valence-electron chi connectivity index (χ2n) is 7.52. The SMILES string of the molecule is CC(=O)/C=C(\O)c1ccccc1.CC(=O)/C=C(\O)c1ccccc1.CC(=O)/C=C(\O)c1ccccc1.[Cr]. The third kappa shape index (κ3) is 14.7. The van der Waals surface area contributed by atoms with Crippen LogP contribution in [0.15, 0.2) is 109 Å². The van der Waals surface area contributed by atoms with Crippen molar-refractivity contribution < 1.29 is 47.1 Å². The van der Waals surface area contributed by atoms with E-state index < -0.39 is 0 Å². The Morgan fingerprint density at radius 3 is 0.811 bits per heavy atom. The van der Waals surface area contributed by atoms with Crippen LogP contribution in [0.3, 0.4) is 0 Å². The molecule has 0 unspecified atom stereocenters. The average Bonchev–Trinajstić information content (AvgIpc) is 2.85. The first-order chi connectivity index (χ1) is 17.1. The Labute approximate surface area is 228 Å². The molecule has 0 atom stereocenters. The first kappa shape index (κ1) is 32.8. The zero-order valence-corrected chi connectivity index (χ0v) is 22.1. The maximum absolute atomic E-state index is 10.6. The number of aliphatic hydroxyl groups excluding tert-OH is 3. The van der Waals surface area contributed by atoms with Crippen LogP contribution < -0.4 is 0 Å². The minimum atomic E-state index is -0.156. The van der Waals surface area contributed by atoms with Gasteiger partial charge >= 0.3 is 0 Å². The van der Waals surface area contributed by atoms with Gasteiger partial charge in [-0.1, -0.05) is 91.0 Å². The third-order valence-electron chi connectivity index (χ3n) is 4.23. The number of hydrogen-bond donors (Lipinski definition) is 3. The van der Waals surface area contributed by atoms with Crippen LogP contribution in [0.5, 0.6) is 0 Å². The predicted octanol–water partition coefficient (Wildman–Crippen LogP) is 6.52. The van der Waals surface area contributed by atoms with Gasteiger partial charge in [0.05, 0.1) is 0 Å². The summed E-state index contributed by atoms with van der Waals surface area (Å²) in [4.78, 5) is 31.8. The van der Waals surface area contributed by atoms with Gasteiger partial charge in [0.25, 0.3) is 0 Å². The van der Waals surface area contributed by atoms with Crippen molar-refractivity contribution in [3.63, 3.8) is 0 Å². The van der Waals surface area contributed by atoms with Gasteiger partial charge in [0.1, 0.15) is 17.3 Å². The van der Waals surface area contributed by atoms with Crippen LogP contribution in [-0.2, 0) is 31.7 Å². The van der Waals surface area contributed by atoms with Crippen molar-refractivity contribution in [2.75, 3.05) is 0 Å². The predicted molar refractivity (Wildman–Crippen MR) is 143 cm³/mol. The van der Waals surface area contributed by atoms with E-state index in [9.17, 15) is 29.7 Å². The van der Waals surface area contributed by atoms with Gasteiger partial charge in [0.2, 0.25) is 0 Å². The minimum absolute atomic E-state index is 0. The molecule has 0 saturated carbocycles. The summed E-state index contributed by atoms with van der Waals surface area (Å²) in [6.07, 6.45) is 3.61. The Bertz CT molecular complexity index is 1060. The zero-order chi connectivity index (χ0) is 26.9. The summed E-state index contributed by atoms with van der Waals surface area (Å²) in [5.41, 5.74) is 1.98. The van der Waals surface area contributed by atoms with Gasteiger partial charge < -0.3 is 15.3 Å². The number of rotatable bonds is 6. The maximum Gasteiger partial charge on any atom is 0.156 e. The van der Waals surface area contributed by atoms with E-state index in [0.717, 1.165) is 0 Å². The maximum atomic E-state index is 10.6. The molecule has 0 spiro atoms. The van der Waals surface area contributed by atoms with Crippen molar-refractivity contribution in [3.8, 4) is 0 Å². The first-order valence-corrected chi connectivity index (χ1v) is 11.0. The van der Waals surface area contributed by atoms with Gasteiger partial charge in [-0.3, -0.25) is 14.4 Å². The molecule has 3 aromatic carbocycles. The molecule has 0 saturated heterocycles. The fourth-order valence-electron chi connectivity index (χ4n) is 2.65. The van der Waals surface area contributed by atoms with Gasteiger partial charge in [-0.15, -0.1) is 0 Å². The summed E-state index contributed by atoms with van der Waals surface area (Å²) in [7, 11) is 0. The number of ketones is 3. The van der Waals surface area contributed by atoms with Crippen molar-refractivity contribution in [1.82, 2.24) is 0 Å². The fourth-order valence-corrected chi connectivity index (χ4v) is 2.65. The Morgan fingerprint density at radius 2 is 0.649 bits per heavy atom. The quantitative estimate of drug-likeness (QED) is 0.243. The molecule has 3 N–H and O–H groups in total. The fraction of sp³-hybridized carbons (Fsp3) is 0.100. The Morgan fingerprint density at radius 1 is 0.459 bits per heavy atom. The van der Waals surface area contributed by atoms with E-state index in [1.54, 1.807) is 72.8 Å². The Kier molecular flexibility index (Phi) is 16.1. The van der Waals surface area contributed by atoms with Gasteiger partial charge in [-0.2, -0.15) is 0 Å². The zero-order valence-electron chi connectivity index (χ0n) is 20.9. The molecule has 0 bridgehead atoms. The number of aliphatic hydroxyl groups is 3. The van der Waals surface area contributed by atoms with Crippen molar-refractivity contribution in [2.45, 2.75) is 20.8 Å². The molecule has 0 aliphatic heterocycles. The van der Waals surface area contributed by atoms with Crippen molar-refractivity contribution >= 4 is 34.6 Å². The van der Waals surface area contributed by atoms with Gasteiger partial charge in [0, 0.05) is 52.3 Å². The average molecular weight is 539 g/mol. The molecule has 0 fully saturated rings. The summed E-state index contributed by atoms with van der Waals surface area (Å²) in [6.45, 7) is 4.21. The standard InChI is InChI=1S/3C10H10O2.Cr/c3*1-8(11)7-10(12)9-5-3-2-4-6-9;/h3*2-7,12H,1H3;/b3*10-7-;. The van der Waals surface area contributed by atoms with E-state index in [2.05, 4.69) is 0 Å². The molecule has 3 aromatic rings. The Balaban J connectivity index is 0.000000518. The topological polar surface area (TPSA) is 112 Å². The molecule has 37 heavy (non-hydrogen) atoms. The number of carbonyl (C=O) groups excluding carboxylic acids is 3. The van der Waals surface area contributed by atoms with E-state index in [4.69, 9.17) is 0 Å². The number of benzene rings is 3. The summed E-state index contributed by atoms with van der Waals surface area (Å²) in [6, 6.07) is 26.9. The number of hydrogen-bond acceptors (Lipinski definition) is 6. The molecule has 0 heterocycles. The number of carbonyl (C=O) groups is 3. The molecular weight excluding hydrogens is 508 g/mol. The molecule has 192 valence electrons. The third-order valence-corrected chi connectivity index (χ3v) is 4.23. The van der Waals surface area contributed by atoms with Gasteiger partial charge in [-0.25, -0.2) is 0 Å². The first-order valence-electron chi connectivity index (χ1n) is 11.0. The normalized spacial score (nSPS) is 10.9. The smallest absolute Gasteiger partial charge is 0.156 e. The van der Waals surface area contributed by atoms with Gasteiger partial charge in [0.15, 0.2) is 17.3 Å². The van der Waals surface area contributed by atoms with E-state index in [1.165, 1.54) is 39.0 Å². The van der Waals surface area contributed by atoms with Crippen molar-refractivity contribution in [2.24, 2.45) is 0 Å². The van der Waals surface area contributed by atoms with E-state index in [-0.39, 0.29) is 52.0 Å². The summed E-state index contributed by atoms with van der Waals surface area (Å²) in [5.74, 6) is -0.418. The second-order valence-corrected chi connectivity index (χ2v) is 7.52. The van der Waals surface area contributed by atoms with Crippen molar-refractivity contribution in [3.05, 3.63) is 126 Å². The molecule has 6 nitrogen and oxygen atoms in total. The van der Waals surface area contributed by atoms with Crippen LogP contribution >= 0.6 is 0 Å². The Hall–Kier alpha value is -4.18. The summed E-state index contributed by atoms with van der Waals surface area (Å²) >= 11 is 0. The molecule has 0 aromatic heterocycles. The second kappa shape index (κ2) is 18.1. The van der Waals surface area contributed by atoms with E-state index in [1.807, 2.05) is 18.2 Å². The monoisotopic (exact) mass is 538 g/mol. The van der Waals surface area contributed by atoms with Crippen LogP contribution in [0, 0.1) is 0 Å². The molecular formula is C30H30CrO6. The minimum Gasteiger partial charge on any atom is -0.507 e. The molecule has 0 radical (unpaired) electrons. The molecule has 0 aliphatic carbocycles. The van der Waals surface area contributed by atoms with Crippen LogP contribution in [0.4, 0.5) is 0 Å². The molecule has 0 amide bonds. The number of allylic oxidation sites excluding steroid dienone is 3.